The number of hydrogen-bond acceptors (Lipinski definition) is 1. The first-order valence-corrected chi connectivity index (χ1v) is 5.43. The summed E-state index contributed by atoms with van der Waals surface area (Å²) in [4.78, 5) is 11.3. The van der Waals surface area contributed by atoms with Crippen LogP contribution in [0.15, 0.2) is 23.8 Å². The number of carbonyl (C=O) groups is 1. The predicted octanol–water partition coefficient (Wildman–Crippen LogP) is 3.12. The van der Waals surface area contributed by atoms with Crippen LogP contribution in [0.4, 0.5) is 0 Å². The average molecular weight is 190 g/mol. The number of ketones is 1. The van der Waals surface area contributed by atoms with Gasteiger partial charge >= 0.3 is 0 Å². The van der Waals surface area contributed by atoms with Gasteiger partial charge in [0.25, 0.3) is 0 Å². The topological polar surface area (TPSA) is 17.1 Å². The first-order chi connectivity index (χ1) is 6.54. The van der Waals surface area contributed by atoms with E-state index >= 15 is 0 Å². The Bertz CT molecular complexity index is 324. The first-order valence-electron chi connectivity index (χ1n) is 5.43. The molecule has 0 aromatic carbocycles. The van der Waals surface area contributed by atoms with Crippen molar-refractivity contribution >= 4 is 5.78 Å². The molecular weight excluding hydrogens is 172 g/mol. The fourth-order valence-electron chi connectivity index (χ4n) is 2.73. The SMILES string of the molecule is CC(=O)C1=C[C@@]2(C)[C@H](C)CC=C[C@H]2C1. The molecule has 0 unspecified atom stereocenters. The van der Waals surface area contributed by atoms with Gasteiger partial charge in [0.2, 0.25) is 0 Å². The average Bonchev–Trinajstić information content (AvgIpc) is 2.45. The van der Waals surface area contributed by atoms with Crippen LogP contribution in [0.1, 0.15) is 33.6 Å². The number of Topliss-reactive ketones (excluding diaryl/α,β-unsaturated/α-hetero) is 1. The van der Waals surface area contributed by atoms with E-state index in [1.807, 2.05) is 0 Å². The first kappa shape index (κ1) is 9.70. The summed E-state index contributed by atoms with van der Waals surface area (Å²) in [6.07, 6.45) is 8.90. The standard InChI is InChI=1S/C13H18O/c1-9-5-4-6-12-7-11(10(2)14)8-13(9,12)3/h4,6,8-9,12H,5,7H2,1-3H3/t9-,12+,13+/m1/s1. The van der Waals surface area contributed by atoms with E-state index in [4.69, 9.17) is 0 Å². The highest BCUT2D eigenvalue weighted by Crippen LogP contribution is 2.50. The lowest BCUT2D eigenvalue weighted by Gasteiger charge is -2.37. The van der Waals surface area contributed by atoms with E-state index in [0.717, 1.165) is 18.4 Å². The summed E-state index contributed by atoms with van der Waals surface area (Å²) < 4.78 is 0. The summed E-state index contributed by atoms with van der Waals surface area (Å²) in [7, 11) is 0. The molecule has 76 valence electrons. The fraction of sp³-hybridized carbons (Fsp3) is 0.615. The van der Waals surface area contributed by atoms with Crippen LogP contribution in [0.2, 0.25) is 0 Å². The zero-order valence-electron chi connectivity index (χ0n) is 9.21. The van der Waals surface area contributed by atoms with Crippen LogP contribution in [0.25, 0.3) is 0 Å². The Labute approximate surface area is 85.9 Å². The normalized spacial score (nSPS) is 40.6. The van der Waals surface area contributed by atoms with Gasteiger partial charge in [-0.15, -0.1) is 0 Å². The number of carbonyl (C=O) groups excluding carboxylic acids is 1. The molecule has 0 heterocycles. The van der Waals surface area contributed by atoms with Crippen molar-refractivity contribution in [3.8, 4) is 0 Å². The van der Waals surface area contributed by atoms with Crippen molar-refractivity contribution in [2.75, 3.05) is 0 Å². The molecule has 0 amide bonds. The van der Waals surface area contributed by atoms with E-state index in [1.54, 1.807) is 6.92 Å². The smallest absolute Gasteiger partial charge is 0.155 e. The van der Waals surface area contributed by atoms with Gasteiger partial charge in [-0.05, 0) is 42.6 Å². The number of rotatable bonds is 1. The van der Waals surface area contributed by atoms with E-state index in [9.17, 15) is 4.79 Å². The van der Waals surface area contributed by atoms with Gasteiger partial charge in [-0.1, -0.05) is 32.1 Å². The molecule has 1 nitrogen and oxygen atoms in total. The molecule has 0 aromatic heterocycles. The van der Waals surface area contributed by atoms with Crippen LogP contribution >= 0.6 is 0 Å². The van der Waals surface area contributed by atoms with Crippen molar-refractivity contribution < 1.29 is 4.79 Å². The van der Waals surface area contributed by atoms with E-state index in [0.29, 0.717) is 11.8 Å². The third-order valence-corrected chi connectivity index (χ3v) is 4.10. The maximum Gasteiger partial charge on any atom is 0.155 e. The van der Waals surface area contributed by atoms with Crippen LogP contribution < -0.4 is 0 Å². The molecule has 2 rings (SSSR count). The van der Waals surface area contributed by atoms with Crippen molar-refractivity contribution in [3.05, 3.63) is 23.8 Å². The minimum absolute atomic E-state index is 0.232. The summed E-state index contributed by atoms with van der Waals surface area (Å²) in [5.41, 5.74) is 1.27. The van der Waals surface area contributed by atoms with Gasteiger partial charge in [0.15, 0.2) is 5.78 Å². The second kappa shape index (κ2) is 3.08. The van der Waals surface area contributed by atoms with E-state index < -0.39 is 0 Å². The predicted molar refractivity (Wildman–Crippen MR) is 57.9 cm³/mol. The molecule has 0 radical (unpaired) electrons. The van der Waals surface area contributed by atoms with E-state index in [-0.39, 0.29) is 11.2 Å². The van der Waals surface area contributed by atoms with E-state index in [1.165, 1.54) is 0 Å². The van der Waals surface area contributed by atoms with Crippen molar-refractivity contribution in [1.29, 1.82) is 0 Å². The fourth-order valence-corrected chi connectivity index (χ4v) is 2.73. The number of hydrogen-bond donors (Lipinski definition) is 0. The second-order valence-electron chi connectivity index (χ2n) is 4.97. The van der Waals surface area contributed by atoms with Crippen LogP contribution in [0, 0.1) is 17.3 Å². The highest BCUT2D eigenvalue weighted by Gasteiger charge is 2.42. The highest BCUT2D eigenvalue weighted by molar-refractivity contribution is 5.94. The molecule has 2 aliphatic carbocycles. The Hall–Kier alpha value is -0.850. The maximum atomic E-state index is 11.3. The highest BCUT2D eigenvalue weighted by atomic mass is 16.1. The van der Waals surface area contributed by atoms with Gasteiger partial charge in [0, 0.05) is 0 Å². The van der Waals surface area contributed by atoms with Gasteiger partial charge in [0.1, 0.15) is 0 Å². The van der Waals surface area contributed by atoms with Crippen LogP contribution in [-0.4, -0.2) is 5.78 Å². The van der Waals surface area contributed by atoms with Gasteiger partial charge < -0.3 is 0 Å². The molecule has 0 bridgehead atoms. The largest absolute Gasteiger partial charge is 0.295 e. The van der Waals surface area contributed by atoms with Crippen molar-refractivity contribution in [1.82, 2.24) is 0 Å². The molecule has 1 heteroatoms. The Morgan fingerprint density at radius 1 is 1.57 bits per heavy atom. The van der Waals surface area contributed by atoms with Crippen molar-refractivity contribution in [3.63, 3.8) is 0 Å². The molecule has 0 N–H and O–H groups in total. The zero-order chi connectivity index (χ0) is 10.3. The van der Waals surface area contributed by atoms with Gasteiger partial charge in [-0.25, -0.2) is 0 Å². The molecule has 0 aromatic rings. The number of allylic oxidation sites excluding steroid dienone is 4. The molecule has 2 aliphatic rings. The van der Waals surface area contributed by atoms with E-state index in [2.05, 4.69) is 32.1 Å². The summed E-state index contributed by atoms with van der Waals surface area (Å²) in [6.45, 7) is 6.26. The van der Waals surface area contributed by atoms with Gasteiger partial charge in [-0.2, -0.15) is 0 Å². The molecule has 0 aliphatic heterocycles. The summed E-state index contributed by atoms with van der Waals surface area (Å²) in [5.74, 6) is 1.47. The third kappa shape index (κ3) is 1.26. The molecule has 3 atom stereocenters. The Morgan fingerprint density at radius 3 is 2.86 bits per heavy atom. The molecule has 0 spiro atoms. The lowest BCUT2D eigenvalue weighted by molar-refractivity contribution is -0.113. The molecule has 0 fully saturated rings. The molecule has 0 saturated heterocycles. The maximum absolute atomic E-state index is 11.3. The van der Waals surface area contributed by atoms with Gasteiger partial charge in [-0.3, -0.25) is 4.79 Å². The van der Waals surface area contributed by atoms with Crippen molar-refractivity contribution in [2.45, 2.75) is 33.6 Å². The third-order valence-electron chi connectivity index (χ3n) is 4.10. The van der Waals surface area contributed by atoms with Crippen LogP contribution in [-0.2, 0) is 4.79 Å². The monoisotopic (exact) mass is 190 g/mol. The minimum Gasteiger partial charge on any atom is -0.295 e. The molecule has 14 heavy (non-hydrogen) atoms. The Morgan fingerprint density at radius 2 is 2.29 bits per heavy atom. The second-order valence-corrected chi connectivity index (χ2v) is 4.97. The van der Waals surface area contributed by atoms with Gasteiger partial charge in [0.05, 0.1) is 0 Å². The quantitative estimate of drug-likeness (QED) is 0.581. The van der Waals surface area contributed by atoms with Crippen LogP contribution in [0.5, 0.6) is 0 Å². The lowest BCUT2D eigenvalue weighted by atomic mass is 9.67. The van der Waals surface area contributed by atoms with Crippen molar-refractivity contribution in [2.24, 2.45) is 17.3 Å². The zero-order valence-corrected chi connectivity index (χ0v) is 9.21. The number of fused-ring (bicyclic) bond motifs is 1. The lowest BCUT2D eigenvalue weighted by Crippen LogP contribution is -2.30. The van der Waals surface area contributed by atoms with Crippen LogP contribution in [0.3, 0.4) is 0 Å². The molecule has 0 saturated carbocycles. The summed E-state index contributed by atoms with van der Waals surface area (Å²) in [5, 5.41) is 0. The summed E-state index contributed by atoms with van der Waals surface area (Å²) in [6, 6.07) is 0. The Kier molecular flexibility index (Phi) is 2.13. The molecular formula is C13H18O. The summed E-state index contributed by atoms with van der Waals surface area (Å²) >= 11 is 0. The minimum atomic E-state index is 0.232. The Balaban J connectivity index is 2.35.